The quantitative estimate of drug-likeness (QED) is 0.247. The van der Waals surface area contributed by atoms with Gasteiger partial charge in [-0.15, -0.1) is 0 Å². The van der Waals surface area contributed by atoms with E-state index >= 15 is 0 Å². The van der Waals surface area contributed by atoms with Crippen LogP contribution in [-0.2, 0) is 26.2 Å². The van der Waals surface area contributed by atoms with E-state index in [1.165, 1.54) is 24.1 Å². The summed E-state index contributed by atoms with van der Waals surface area (Å²) in [5.41, 5.74) is 1.73. The van der Waals surface area contributed by atoms with Crippen molar-refractivity contribution in [2.45, 2.75) is 69.5 Å². The summed E-state index contributed by atoms with van der Waals surface area (Å²) in [7, 11) is -2.71. The molecule has 0 unspecified atom stereocenters. The molecule has 1 aliphatic carbocycles. The molecule has 3 aromatic rings. The molecule has 0 aliphatic heterocycles. The molecular weight excluding hydrogens is 609 g/mol. The van der Waals surface area contributed by atoms with E-state index in [4.69, 9.17) is 27.9 Å². The van der Waals surface area contributed by atoms with Gasteiger partial charge in [-0.05, 0) is 68.1 Å². The highest BCUT2D eigenvalue weighted by Crippen LogP contribution is 2.29. The molecule has 11 heteroatoms. The fraction of sp³-hybridized carbons (Fsp3) is 0.375. The molecule has 3 aromatic carbocycles. The summed E-state index contributed by atoms with van der Waals surface area (Å²) in [6, 6.07) is 17.1. The second-order valence-electron chi connectivity index (χ2n) is 10.7. The number of carbonyl (C=O) groups is 2. The Morgan fingerprint density at radius 3 is 2.35 bits per heavy atom. The van der Waals surface area contributed by atoms with Crippen LogP contribution >= 0.6 is 23.2 Å². The van der Waals surface area contributed by atoms with Crippen LogP contribution in [0.5, 0.6) is 5.75 Å². The van der Waals surface area contributed by atoms with E-state index in [1.54, 1.807) is 54.6 Å². The van der Waals surface area contributed by atoms with Gasteiger partial charge in [0.25, 0.3) is 10.0 Å². The van der Waals surface area contributed by atoms with Crippen LogP contribution in [0, 0.1) is 6.92 Å². The zero-order valence-electron chi connectivity index (χ0n) is 24.6. The molecular formula is C32H37Cl2N3O5S. The molecule has 1 N–H and O–H groups in total. The fourth-order valence-electron chi connectivity index (χ4n) is 5.25. The van der Waals surface area contributed by atoms with E-state index in [1.807, 2.05) is 13.8 Å². The summed E-state index contributed by atoms with van der Waals surface area (Å²) in [5, 5.41) is 3.88. The molecule has 1 saturated carbocycles. The van der Waals surface area contributed by atoms with Gasteiger partial charge in [-0.25, -0.2) is 8.42 Å². The van der Waals surface area contributed by atoms with Gasteiger partial charge in [0.05, 0.1) is 17.7 Å². The molecule has 2 amide bonds. The lowest BCUT2D eigenvalue weighted by Crippen LogP contribution is -2.53. The van der Waals surface area contributed by atoms with Crippen LogP contribution in [0.3, 0.4) is 0 Å². The van der Waals surface area contributed by atoms with Crippen molar-refractivity contribution in [3.8, 4) is 5.75 Å². The van der Waals surface area contributed by atoms with Crippen LogP contribution in [-0.4, -0.2) is 50.9 Å². The zero-order valence-corrected chi connectivity index (χ0v) is 26.9. The summed E-state index contributed by atoms with van der Waals surface area (Å²) < 4.78 is 34.5. The summed E-state index contributed by atoms with van der Waals surface area (Å²) in [5.74, 6) is -0.402. The van der Waals surface area contributed by atoms with Crippen LogP contribution in [0.15, 0.2) is 71.6 Å². The van der Waals surface area contributed by atoms with Crippen LogP contribution in [0.25, 0.3) is 0 Å². The van der Waals surface area contributed by atoms with Crippen molar-refractivity contribution >= 4 is 50.7 Å². The zero-order chi connectivity index (χ0) is 31.1. The standard InChI is InChI=1S/C32H37Cl2N3O5S/c1-4-30(32(39)35-25-8-5-6-9-25)36(20-23-14-15-24(33)18-29(23)34)31(38)21-37(26-10-7-11-27(19-26)42-3)43(40,41)28-16-12-22(2)13-17-28/h7,10-19,25,30H,4-6,8-9,20-21H2,1-3H3,(H,35,39)/t30-/m1/s1. The highest BCUT2D eigenvalue weighted by Gasteiger charge is 2.35. The average Bonchev–Trinajstić information content (AvgIpc) is 3.50. The maximum atomic E-state index is 14.3. The smallest absolute Gasteiger partial charge is 0.264 e. The number of rotatable bonds is 12. The van der Waals surface area contributed by atoms with Crippen molar-refractivity contribution in [2.24, 2.45) is 0 Å². The molecule has 8 nitrogen and oxygen atoms in total. The minimum atomic E-state index is -4.20. The summed E-state index contributed by atoms with van der Waals surface area (Å²) in [4.78, 5) is 29.3. The van der Waals surface area contributed by atoms with Crippen molar-refractivity contribution in [1.29, 1.82) is 0 Å². The Morgan fingerprint density at radius 1 is 1.02 bits per heavy atom. The Labute approximate surface area is 264 Å². The number of amides is 2. The lowest BCUT2D eigenvalue weighted by Gasteiger charge is -2.34. The number of aryl methyl sites for hydroxylation is 1. The maximum Gasteiger partial charge on any atom is 0.264 e. The van der Waals surface area contributed by atoms with E-state index in [-0.39, 0.29) is 29.1 Å². The maximum absolute atomic E-state index is 14.3. The topological polar surface area (TPSA) is 96.0 Å². The van der Waals surface area contributed by atoms with Gasteiger partial charge in [-0.2, -0.15) is 0 Å². The van der Waals surface area contributed by atoms with Gasteiger partial charge in [0.1, 0.15) is 18.3 Å². The van der Waals surface area contributed by atoms with Crippen molar-refractivity contribution in [2.75, 3.05) is 18.0 Å². The van der Waals surface area contributed by atoms with E-state index in [0.717, 1.165) is 35.6 Å². The van der Waals surface area contributed by atoms with E-state index in [9.17, 15) is 18.0 Å². The Bertz CT molecular complexity index is 1540. The number of nitrogens with one attached hydrogen (secondary N) is 1. The highest BCUT2D eigenvalue weighted by molar-refractivity contribution is 7.92. The van der Waals surface area contributed by atoms with Crippen molar-refractivity contribution in [3.63, 3.8) is 0 Å². The summed E-state index contributed by atoms with van der Waals surface area (Å²) >= 11 is 12.6. The molecule has 0 radical (unpaired) electrons. The molecule has 4 rings (SSSR count). The number of ether oxygens (including phenoxy) is 1. The van der Waals surface area contributed by atoms with Gasteiger partial charge < -0.3 is 15.0 Å². The first kappa shape index (κ1) is 32.6. The number of methoxy groups -OCH3 is 1. The first-order chi connectivity index (χ1) is 20.5. The lowest BCUT2D eigenvalue weighted by atomic mass is 10.1. The van der Waals surface area contributed by atoms with Crippen LogP contribution in [0.2, 0.25) is 10.0 Å². The Balaban J connectivity index is 1.75. The lowest BCUT2D eigenvalue weighted by molar-refractivity contribution is -0.140. The normalized spacial score (nSPS) is 14.3. The van der Waals surface area contributed by atoms with Gasteiger partial charge in [-0.3, -0.25) is 13.9 Å². The van der Waals surface area contributed by atoms with Gasteiger partial charge >= 0.3 is 0 Å². The van der Waals surface area contributed by atoms with Crippen molar-refractivity contribution in [1.82, 2.24) is 10.2 Å². The molecule has 0 aromatic heterocycles. The molecule has 43 heavy (non-hydrogen) atoms. The number of benzene rings is 3. The Hall–Kier alpha value is -3.27. The third kappa shape index (κ3) is 8.02. The number of hydrogen-bond donors (Lipinski definition) is 1. The Morgan fingerprint density at radius 2 is 1.72 bits per heavy atom. The number of hydrogen-bond acceptors (Lipinski definition) is 5. The molecule has 1 fully saturated rings. The molecule has 230 valence electrons. The Kier molecular flexibility index (Phi) is 11.0. The number of halogens is 2. The first-order valence-electron chi connectivity index (χ1n) is 14.3. The predicted octanol–water partition coefficient (Wildman–Crippen LogP) is 6.37. The van der Waals surface area contributed by atoms with E-state index in [2.05, 4.69) is 5.32 Å². The molecule has 0 bridgehead atoms. The van der Waals surface area contributed by atoms with Crippen molar-refractivity contribution in [3.05, 3.63) is 87.9 Å². The monoisotopic (exact) mass is 645 g/mol. The first-order valence-corrected chi connectivity index (χ1v) is 16.5. The molecule has 0 saturated heterocycles. The summed E-state index contributed by atoms with van der Waals surface area (Å²) in [6.07, 6.45) is 4.17. The molecule has 0 spiro atoms. The minimum absolute atomic E-state index is 0.0119. The van der Waals surface area contributed by atoms with E-state index in [0.29, 0.717) is 27.8 Å². The van der Waals surface area contributed by atoms with Crippen LogP contribution in [0.1, 0.15) is 50.2 Å². The third-order valence-corrected chi connectivity index (χ3v) is 10.0. The van der Waals surface area contributed by atoms with E-state index < -0.39 is 28.5 Å². The van der Waals surface area contributed by atoms with Crippen LogP contribution in [0.4, 0.5) is 5.69 Å². The summed E-state index contributed by atoms with van der Waals surface area (Å²) in [6.45, 7) is 3.12. The fourth-order valence-corrected chi connectivity index (χ4v) is 7.13. The number of nitrogens with zero attached hydrogens (tertiary/aromatic N) is 2. The van der Waals surface area contributed by atoms with Gasteiger partial charge in [0.2, 0.25) is 11.8 Å². The van der Waals surface area contributed by atoms with Gasteiger partial charge in [-0.1, -0.05) is 72.8 Å². The van der Waals surface area contributed by atoms with Crippen molar-refractivity contribution < 1.29 is 22.7 Å². The van der Waals surface area contributed by atoms with Gasteiger partial charge in [0, 0.05) is 28.7 Å². The van der Waals surface area contributed by atoms with Crippen LogP contribution < -0.4 is 14.4 Å². The minimum Gasteiger partial charge on any atom is -0.497 e. The SMILES string of the molecule is CC[C@H](C(=O)NC1CCCC1)N(Cc1ccc(Cl)cc1Cl)C(=O)CN(c1cccc(OC)c1)S(=O)(=O)c1ccc(C)cc1. The largest absolute Gasteiger partial charge is 0.497 e. The molecule has 1 aliphatic rings. The number of anilines is 1. The molecule has 0 heterocycles. The third-order valence-electron chi connectivity index (χ3n) is 7.67. The number of sulfonamides is 1. The average molecular weight is 647 g/mol. The number of carbonyl (C=O) groups excluding carboxylic acids is 2. The predicted molar refractivity (Wildman–Crippen MR) is 170 cm³/mol. The molecule has 1 atom stereocenters. The highest BCUT2D eigenvalue weighted by atomic mass is 35.5. The second-order valence-corrected chi connectivity index (χ2v) is 13.4. The second kappa shape index (κ2) is 14.5. The van der Waals surface area contributed by atoms with Gasteiger partial charge in [0.15, 0.2) is 0 Å².